The molecule has 4 heteroatoms. The van der Waals surface area contributed by atoms with Crippen LogP contribution in [0.1, 0.15) is 32.6 Å². The van der Waals surface area contributed by atoms with Crippen LogP contribution in [0.3, 0.4) is 0 Å². The lowest BCUT2D eigenvalue weighted by atomic mass is 10.0. The summed E-state index contributed by atoms with van der Waals surface area (Å²) in [6.07, 6.45) is 5.53. The first-order valence-corrected chi connectivity index (χ1v) is 7.90. The Kier molecular flexibility index (Phi) is 6.07. The molecule has 0 aromatic heterocycles. The first-order valence-electron chi connectivity index (χ1n) is 7.90. The predicted molar refractivity (Wildman–Crippen MR) is 79.6 cm³/mol. The molecule has 2 fully saturated rings. The Hall–Kier alpha value is -0.160. The molecule has 2 unspecified atom stereocenters. The van der Waals surface area contributed by atoms with Crippen LogP contribution >= 0.6 is 0 Å². The summed E-state index contributed by atoms with van der Waals surface area (Å²) in [7, 11) is 4.40. The molecule has 1 N–H and O–H groups in total. The second kappa shape index (κ2) is 7.58. The summed E-state index contributed by atoms with van der Waals surface area (Å²) in [6, 6.07) is 1.29. The monoisotopic (exact) mass is 269 g/mol. The van der Waals surface area contributed by atoms with Gasteiger partial charge in [-0.1, -0.05) is 0 Å². The molecule has 0 bridgehead atoms. The Morgan fingerprint density at radius 2 is 2.00 bits per heavy atom. The van der Waals surface area contributed by atoms with E-state index in [0.717, 1.165) is 19.2 Å². The molecule has 0 aromatic rings. The number of ether oxygens (including phenoxy) is 1. The van der Waals surface area contributed by atoms with Gasteiger partial charge in [0.1, 0.15) is 0 Å². The molecule has 2 heterocycles. The van der Waals surface area contributed by atoms with Crippen molar-refractivity contribution in [2.24, 2.45) is 0 Å². The minimum atomic E-state index is 0.444. The maximum atomic E-state index is 5.72. The van der Waals surface area contributed by atoms with Gasteiger partial charge in [-0.05, 0) is 59.8 Å². The van der Waals surface area contributed by atoms with Gasteiger partial charge in [0.25, 0.3) is 0 Å². The van der Waals surface area contributed by atoms with Crippen molar-refractivity contribution >= 4 is 0 Å². The highest BCUT2D eigenvalue weighted by molar-refractivity contribution is 4.79. The van der Waals surface area contributed by atoms with Crippen LogP contribution in [0.4, 0.5) is 0 Å². The lowest BCUT2D eigenvalue weighted by Crippen LogP contribution is -2.46. The van der Waals surface area contributed by atoms with Crippen molar-refractivity contribution in [3.05, 3.63) is 0 Å². The highest BCUT2D eigenvalue weighted by Gasteiger charge is 2.23. The lowest BCUT2D eigenvalue weighted by Gasteiger charge is -2.35. The maximum Gasteiger partial charge on any atom is 0.0726 e. The molecular formula is C15H31N3O. The third-order valence-corrected chi connectivity index (χ3v) is 4.70. The largest absolute Gasteiger partial charge is 0.377 e. The van der Waals surface area contributed by atoms with E-state index in [9.17, 15) is 0 Å². The van der Waals surface area contributed by atoms with Crippen molar-refractivity contribution < 1.29 is 4.74 Å². The molecule has 2 aliphatic rings. The van der Waals surface area contributed by atoms with Gasteiger partial charge in [0, 0.05) is 31.8 Å². The molecule has 0 spiro atoms. The SMILES string of the molecule is CC(NCCN1CCC(N(C)C)CC1)C1CCCO1. The van der Waals surface area contributed by atoms with Crippen molar-refractivity contribution in [3.8, 4) is 0 Å². The third-order valence-electron chi connectivity index (χ3n) is 4.70. The Morgan fingerprint density at radius 1 is 1.26 bits per heavy atom. The van der Waals surface area contributed by atoms with Crippen LogP contribution in [0, 0.1) is 0 Å². The summed E-state index contributed by atoms with van der Waals surface area (Å²) < 4.78 is 5.72. The van der Waals surface area contributed by atoms with Gasteiger partial charge in [-0.15, -0.1) is 0 Å². The molecule has 2 aliphatic heterocycles. The van der Waals surface area contributed by atoms with Crippen LogP contribution in [-0.2, 0) is 4.74 Å². The summed E-state index contributed by atoms with van der Waals surface area (Å²) in [5.41, 5.74) is 0. The van der Waals surface area contributed by atoms with Crippen molar-refractivity contribution in [1.29, 1.82) is 0 Å². The molecule has 0 amide bonds. The average Bonchev–Trinajstić information content (AvgIpc) is 2.93. The minimum Gasteiger partial charge on any atom is -0.377 e. The van der Waals surface area contributed by atoms with E-state index in [0.29, 0.717) is 12.1 Å². The normalized spacial score (nSPS) is 28.1. The Bertz CT molecular complexity index is 246. The fourth-order valence-corrected chi connectivity index (χ4v) is 3.24. The first-order chi connectivity index (χ1) is 9.16. The van der Waals surface area contributed by atoms with Gasteiger partial charge in [-0.2, -0.15) is 0 Å². The molecule has 0 aromatic carbocycles. The van der Waals surface area contributed by atoms with Gasteiger partial charge in [0.15, 0.2) is 0 Å². The summed E-state index contributed by atoms with van der Waals surface area (Å²) in [5, 5.41) is 3.63. The van der Waals surface area contributed by atoms with Gasteiger partial charge in [-0.3, -0.25) is 0 Å². The average molecular weight is 269 g/mol. The second-order valence-electron chi connectivity index (χ2n) is 6.33. The van der Waals surface area contributed by atoms with Crippen molar-refractivity contribution in [3.63, 3.8) is 0 Å². The van der Waals surface area contributed by atoms with Crippen LogP contribution in [0.15, 0.2) is 0 Å². The number of likely N-dealkylation sites (tertiary alicyclic amines) is 1. The number of piperidine rings is 1. The summed E-state index contributed by atoms with van der Waals surface area (Å²) in [5.74, 6) is 0. The number of hydrogen-bond donors (Lipinski definition) is 1. The number of hydrogen-bond acceptors (Lipinski definition) is 4. The molecule has 0 aliphatic carbocycles. The standard InChI is InChI=1S/C15H31N3O/c1-13(15-5-4-12-19-15)16-8-11-18-9-6-14(7-10-18)17(2)3/h13-16H,4-12H2,1-3H3. The Labute approximate surface area is 118 Å². The van der Waals surface area contributed by atoms with Crippen LogP contribution in [0.2, 0.25) is 0 Å². The molecule has 0 saturated carbocycles. The number of rotatable bonds is 6. The van der Waals surface area contributed by atoms with Crippen molar-refractivity contribution in [1.82, 2.24) is 15.1 Å². The van der Waals surface area contributed by atoms with Gasteiger partial charge in [0.2, 0.25) is 0 Å². The lowest BCUT2D eigenvalue weighted by molar-refractivity contribution is 0.0813. The van der Waals surface area contributed by atoms with Crippen LogP contribution < -0.4 is 5.32 Å². The van der Waals surface area contributed by atoms with Crippen molar-refractivity contribution in [2.45, 2.75) is 50.8 Å². The topological polar surface area (TPSA) is 27.7 Å². The zero-order chi connectivity index (χ0) is 13.7. The van der Waals surface area contributed by atoms with E-state index in [1.807, 2.05) is 0 Å². The highest BCUT2D eigenvalue weighted by atomic mass is 16.5. The van der Waals surface area contributed by atoms with Crippen LogP contribution in [0.25, 0.3) is 0 Å². The number of nitrogens with one attached hydrogen (secondary N) is 1. The Morgan fingerprint density at radius 3 is 2.58 bits per heavy atom. The van der Waals surface area contributed by atoms with Crippen LogP contribution in [-0.4, -0.2) is 74.9 Å². The van der Waals surface area contributed by atoms with E-state index in [1.54, 1.807) is 0 Å². The molecular weight excluding hydrogens is 238 g/mol. The molecule has 2 rings (SSSR count). The molecule has 4 nitrogen and oxygen atoms in total. The smallest absolute Gasteiger partial charge is 0.0726 e. The van der Waals surface area contributed by atoms with E-state index in [1.165, 1.54) is 45.3 Å². The van der Waals surface area contributed by atoms with Gasteiger partial charge >= 0.3 is 0 Å². The van der Waals surface area contributed by atoms with Gasteiger partial charge < -0.3 is 19.9 Å². The predicted octanol–water partition coefficient (Wildman–Crippen LogP) is 1.17. The fourth-order valence-electron chi connectivity index (χ4n) is 3.24. The highest BCUT2D eigenvalue weighted by Crippen LogP contribution is 2.16. The number of nitrogens with zero attached hydrogens (tertiary/aromatic N) is 2. The summed E-state index contributed by atoms with van der Waals surface area (Å²) in [4.78, 5) is 4.96. The zero-order valence-electron chi connectivity index (χ0n) is 12.9. The first kappa shape index (κ1) is 15.2. The third kappa shape index (κ3) is 4.71. The second-order valence-corrected chi connectivity index (χ2v) is 6.33. The molecule has 2 atom stereocenters. The quantitative estimate of drug-likeness (QED) is 0.783. The molecule has 2 saturated heterocycles. The van der Waals surface area contributed by atoms with Gasteiger partial charge in [0.05, 0.1) is 6.10 Å². The summed E-state index contributed by atoms with van der Waals surface area (Å²) >= 11 is 0. The Balaban J connectivity index is 1.56. The molecule has 0 radical (unpaired) electrons. The van der Waals surface area contributed by atoms with E-state index >= 15 is 0 Å². The van der Waals surface area contributed by atoms with E-state index < -0.39 is 0 Å². The fraction of sp³-hybridized carbons (Fsp3) is 1.00. The van der Waals surface area contributed by atoms with E-state index in [-0.39, 0.29) is 0 Å². The van der Waals surface area contributed by atoms with E-state index in [2.05, 4.69) is 36.1 Å². The summed E-state index contributed by atoms with van der Waals surface area (Å²) in [6.45, 7) is 7.98. The van der Waals surface area contributed by atoms with E-state index in [4.69, 9.17) is 4.74 Å². The van der Waals surface area contributed by atoms with Crippen molar-refractivity contribution in [2.75, 3.05) is 46.9 Å². The van der Waals surface area contributed by atoms with Gasteiger partial charge in [-0.25, -0.2) is 0 Å². The minimum absolute atomic E-state index is 0.444. The molecule has 112 valence electrons. The molecule has 19 heavy (non-hydrogen) atoms. The van der Waals surface area contributed by atoms with Crippen LogP contribution in [0.5, 0.6) is 0 Å². The zero-order valence-corrected chi connectivity index (χ0v) is 12.9. The maximum absolute atomic E-state index is 5.72.